The van der Waals surface area contributed by atoms with Crippen LogP contribution in [0.15, 0.2) is 21.6 Å². The highest BCUT2D eigenvalue weighted by atomic mass is 35.5. The molecule has 0 rings (SSSR count). The Labute approximate surface area is 98.8 Å². The van der Waals surface area contributed by atoms with E-state index < -0.39 is 0 Å². The van der Waals surface area contributed by atoms with Gasteiger partial charge in [0.1, 0.15) is 0 Å². The Bertz CT molecular complexity index is 222. The minimum absolute atomic E-state index is 0.547. The Balaban J connectivity index is 4.29. The van der Waals surface area contributed by atoms with E-state index in [2.05, 4.69) is 33.4 Å². The minimum atomic E-state index is 0.547. The smallest absolute Gasteiger partial charge is 0.0144 e. The van der Waals surface area contributed by atoms with Gasteiger partial charge < -0.3 is 0 Å². The van der Waals surface area contributed by atoms with Gasteiger partial charge in [-0.3, -0.25) is 0 Å². The van der Waals surface area contributed by atoms with Crippen LogP contribution >= 0.6 is 24.2 Å². The lowest BCUT2D eigenvalue weighted by Crippen LogP contribution is -1.97. The van der Waals surface area contributed by atoms with Crippen molar-refractivity contribution in [2.45, 2.75) is 47.0 Å². The van der Waals surface area contributed by atoms with Gasteiger partial charge in [0.25, 0.3) is 0 Å². The van der Waals surface area contributed by atoms with Crippen molar-refractivity contribution in [2.75, 3.05) is 0 Å². The molecule has 0 aliphatic carbocycles. The molecule has 0 radical (unpaired) electrons. The Morgan fingerprint density at radius 2 is 1.93 bits per heavy atom. The predicted molar refractivity (Wildman–Crippen MR) is 70.0 cm³/mol. The van der Waals surface area contributed by atoms with Crippen LogP contribution in [-0.4, -0.2) is 0 Å². The largest absolute Gasteiger partial charge is 0.151 e. The zero-order chi connectivity index (χ0) is 11.1. The maximum Gasteiger partial charge on any atom is 0.0144 e. The van der Waals surface area contributed by atoms with Crippen molar-refractivity contribution in [1.29, 1.82) is 0 Å². The normalized spacial score (nSPS) is 14.6. The Kier molecular flexibility index (Phi) is 7.48. The molecule has 0 unspecified atom stereocenters. The van der Waals surface area contributed by atoms with Gasteiger partial charge in [-0.15, -0.1) is 0 Å². The predicted octanol–water partition coefficient (Wildman–Crippen LogP) is 5.16. The van der Waals surface area contributed by atoms with Crippen LogP contribution in [0.25, 0.3) is 0 Å². The standard InChI is InChI=1S/C12H21ClS/c1-5-11(8-14)6-7-12(9(2)3)10(4)13/h8-9,14H,5-7H2,1-4H3/b11-8-,12-10-. The summed E-state index contributed by atoms with van der Waals surface area (Å²) in [5, 5.41) is 2.87. The van der Waals surface area contributed by atoms with Crippen molar-refractivity contribution in [2.24, 2.45) is 5.92 Å². The van der Waals surface area contributed by atoms with E-state index in [1.807, 2.05) is 12.3 Å². The summed E-state index contributed by atoms with van der Waals surface area (Å²) in [4.78, 5) is 0. The van der Waals surface area contributed by atoms with Crippen LogP contribution in [0.2, 0.25) is 0 Å². The average molecular weight is 233 g/mol. The zero-order valence-corrected chi connectivity index (χ0v) is 11.3. The third-order valence-corrected chi connectivity index (χ3v) is 3.10. The molecule has 14 heavy (non-hydrogen) atoms. The first-order valence-corrected chi connectivity index (χ1v) is 6.09. The molecule has 0 aliphatic heterocycles. The lowest BCUT2D eigenvalue weighted by molar-refractivity contribution is 0.697. The van der Waals surface area contributed by atoms with Gasteiger partial charge in [-0.25, -0.2) is 0 Å². The van der Waals surface area contributed by atoms with Gasteiger partial charge in [-0.1, -0.05) is 43.5 Å². The van der Waals surface area contributed by atoms with E-state index in [-0.39, 0.29) is 0 Å². The second-order valence-corrected chi connectivity index (χ2v) is 4.68. The first kappa shape index (κ1) is 14.1. The number of hydrogen-bond acceptors (Lipinski definition) is 1. The molecule has 0 saturated carbocycles. The third-order valence-electron chi connectivity index (χ3n) is 2.49. The van der Waals surface area contributed by atoms with E-state index in [0.29, 0.717) is 5.92 Å². The molecule has 0 fully saturated rings. The van der Waals surface area contributed by atoms with E-state index in [0.717, 1.165) is 24.3 Å². The van der Waals surface area contributed by atoms with Gasteiger partial charge >= 0.3 is 0 Å². The summed E-state index contributed by atoms with van der Waals surface area (Å²) in [7, 11) is 0. The number of rotatable bonds is 5. The van der Waals surface area contributed by atoms with Gasteiger partial charge in [-0.05, 0) is 37.5 Å². The van der Waals surface area contributed by atoms with E-state index in [4.69, 9.17) is 11.6 Å². The summed E-state index contributed by atoms with van der Waals surface area (Å²) in [6, 6.07) is 0. The number of allylic oxidation sites excluding steroid dienone is 3. The summed E-state index contributed by atoms with van der Waals surface area (Å²) in [6.07, 6.45) is 3.22. The van der Waals surface area contributed by atoms with Crippen LogP contribution in [0.5, 0.6) is 0 Å². The summed E-state index contributed by atoms with van der Waals surface area (Å²) in [5.41, 5.74) is 2.76. The van der Waals surface area contributed by atoms with E-state index >= 15 is 0 Å². The molecule has 0 bridgehead atoms. The number of thiol groups is 1. The van der Waals surface area contributed by atoms with Crippen molar-refractivity contribution < 1.29 is 0 Å². The average Bonchev–Trinajstić information content (AvgIpc) is 2.11. The molecule has 2 heteroatoms. The molecule has 0 saturated heterocycles. The molecule has 0 nitrogen and oxygen atoms in total. The quantitative estimate of drug-likeness (QED) is 0.622. The van der Waals surface area contributed by atoms with Gasteiger partial charge in [0.15, 0.2) is 0 Å². The molecule has 0 N–H and O–H groups in total. The molecular formula is C12H21ClS. The molecule has 82 valence electrons. The minimum Gasteiger partial charge on any atom is -0.151 e. The van der Waals surface area contributed by atoms with E-state index in [1.165, 1.54) is 11.1 Å². The van der Waals surface area contributed by atoms with Crippen LogP contribution in [0.4, 0.5) is 0 Å². The van der Waals surface area contributed by atoms with Gasteiger partial charge in [-0.2, -0.15) is 12.6 Å². The second-order valence-electron chi connectivity index (χ2n) is 3.85. The molecule has 0 aliphatic rings. The fraction of sp³-hybridized carbons (Fsp3) is 0.667. The summed E-state index contributed by atoms with van der Waals surface area (Å²) in [5.74, 6) is 0.547. The Morgan fingerprint density at radius 3 is 2.21 bits per heavy atom. The first-order chi connectivity index (χ1) is 6.52. The Morgan fingerprint density at radius 1 is 1.36 bits per heavy atom. The lowest BCUT2D eigenvalue weighted by atomic mass is 9.95. The van der Waals surface area contributed by atoms with Crippen molar-refractivity contribution in [3.63, 3.8) is 0 Å². The lowest BCUT2D eigenvalue weighted by Gasteiger charge is -2.13. The second kappa shape index (κ2) is 7.42. The fourth-order valence-electron chi connectivity index (χ4n) is 1.49. The van der Waals surface area contributed by atoms with Crippen molar-refractivity contribution >= 4 is 24.2 Å². The molecule has 0 aromatic carbocycles. The monoisotopic (exact) mass is 232 g/mol. The summed E-state index contributed by atoms with van der Waals surface area (Å²) >= 11 is 10.2. The molecule has 0 aromatic rings. The topological polar surface area (TPSA) is 0 Å². The van der Waals surface area contributed by atoms with E-state index in [1.54, 1.807) is 0 Å². The van der Waals surface area contributed by atoms with Crippen molar-refractivity contribution in [1.82, 2.24) is 0 Å². The molecule has 0 heterocycles. The van der Waals surface area contributed by atoms with Gasteiger partial charge in [0, 0.05) is 5.03 Å². The van der Waals surface area contributed by atoms with Crippen LogP contribution in [-0.2, 0) is 0 Å². The van der Waals surface area contributed by atoms with E-state index in [9.17, 15) is 0 Å². The summed E-state index contributed by atoms with van der Waals surface area (Å²) < 4.78 is 0. The van der Waals surface area contributed by atoms with Crippen LogP contribution < -0.4 is 0 Å². The van der Waals surface area contributed by atoms with Crippen LogP contribution in [0, 0.1) is 5.92 Å². The number of halogens is 1. The van der Waals surface area contributed by atoms with Crippen molar-refractivity contribution in [3.8, 4) is 0 Å². The molecule has 0 spiro atoms. The highest BCUT2D eigenvalue weighted by Crippen LogP contribution is 2.25. The third kappa shape index (κ3) is 5.11. The molecular weight excluding hydrogens is 212 g/mol. The van der Waals surface area contributed by atoms with Crippen molar-refractivity contribution in [3.05, 3.63) is 21.6 Å². The fourth-order valence-corrected chi connectivity index (χ4v) is 2.11. The van der Waals surface area contributed by atoms with Crippen LogP contribution in [0.3, 0.4) is 0 Å². The van der Waals surface area contributed by atoms with Gasteiger partial charge in [0.05, 0.1) is 0 Å². The maximum atomic E-state index is 6.05. The SMILES string of the molecule is CC/C(=C/S)CC/C(=C(\C)Cl)C(C)C. The molecule has 0 aromatic heterocycles. The molecule has 0 atom stereocenters. The zero-order valence-electron chi connectivity index (χ0n) is 9.60. The van der Waals surface area contributed by atoms with Gasteiger partial charge in [0.2, 0.25) is 0 Å². The highest BCUT2D eigenvalue weighted by Gasteiger charge is 2.07. The molecule has 0 amide bonds. The summed E-state index contributed by atoms with van der Waals surface area (Å²) in [6.45, 7) is 8.52. The maximum absolute atomic E-state index is 6.05. The van der Waals surface area contributed by atoms with Crippen LogP contribution in [0.1, 0.15) is 47.0 Å². The Hall–Kier alpha value is 0.120. The highest BCUT2D eigenvalue weighted by molar-refractivity contribution is 7.83. The first-order valence-electron chi connectivity index (χ1n) is 5.20. The number of hydrogen-bond donors (Lipinski definition) is 1.